The number of phenolic OH excluding ortho intramolecular Hbond substituents is 2. The number of hydrogen-bond acceptors (Lipinski definition) is 7. The average molecular weight is 290 g/mol. The van der Waals surface area contributed by atoms with Crippen LogP contribution >= 0.6 is 0 Å². The fraction of sp³-hybridized carbons (Fsp3) is 0.143. The van der Waals surface area contributed by atoms with Crippen LogP contribution in [0, 0.1) is 6.92 Å². The molecule has 7 heteroatoms. The van der Waals surface area contributed by atoms with Gasteiger partial charge >= 0.3 is 11.6 Å². The molecule has 0 atom stereocenters. The Hall–Kier alpha value is -2.96. The molecule has 3 rings (SSSR count). The second kappa shape index (κ2) is 4.27. The van der Waals surface area contributed by atoms with Gasteiger partial charge in [-0.25, -0.2) is 9.59 Å². The van der Waals surface area contributed by atoms with Gasteiger partial charge in [0.1, 0.15) is 22.3 Å². The lowest BCUT2D eigenvalue weighted by Gasteiger charge is -2.04. The third kappa shape index (κ3) is 1.74. The number of aromatic hydroxyl groups is 2. The number of methoxy groups -OCH3 is 1. The van der Waals surface area contributed by atoms with Crippen LogP contribution in [0.5, 0.6) is 11.5 Å². The number of ether oxygens (including phenoxy) is 1. The van der Waals surface area contributed by atoms with Crippen LogP contribution in [0.2, 0.25) is 0 Å². The zero-order valence-electron chi connectivity index (χ0n) is 11.1. The highest BCUT2D eigenvalue weighted by atomic mass is 16.5. The van der Waals surface area contributed by atoms with Crippen molar-refractivity contribution in [1.29, 1.82) is 0 Å². The number of carbonyl (C=O) groups is 1. The number of hydrogen-bond donors (Lipinski definition) is 2. The van der Waals surface area contributed by atoms with E-state index in [0.717, 1.165) is 13.2 Å². The first kappa shape index (κ1) is 13.0. The molecule has 21 heavy (non-hydrogen) atoms. The normalized spacial score (nSPS) is 11.1. The fourth-order valence-electron chi connectivity index (χ4n) is 2.24. The summed E-state index contributed by atoms with van der Waals surface area (Å²) in [6.07, 6.45) is 0. The number of carbonyl (C=O) groups excluding carboxylic acids is 1. The first-order chi connectivity index (χ1) is 9.93. The molecular weight excluding hydrogens is 280 g/mol. The van der Waals surface area contributed by atoms with Crippen LogP contribution in [0.25, 0.3) is 21.9 Å². The molecule has 0 aliphatic rings. The summed E-state index contributed by atoms with van der Waals surface area (Å²) in [6.45, 7) is 1.57. The quantitative estimate of drug-likeness (QED) is 0.521. The molecule has 2 aromatic heterocycles. The van der Waals surface area contributed by atoms with E-state index in [2.05, 4.69) is 4.74 Å². The van der Waals surface area contributed by atoms with Gasteiger partial charge in [0, 0.05) is 11.5 Å². The number of rotatable bonds is 1. The highest BCUT2D eigenvalue weighted by molar-refractivity contribution is 6.14. The Bertz CT molecular complexity index is 945. The highest BCUT2D eigenvalue weighted by Crippen LogP contribution is 2.40. The van der Waals surface area contributed by atoms with Crippen LogP contribution in [0.4, 0.5) is 0 Å². The van der Waals surface area contributed by atoms with Crippen LogP contribution < -0.4 is 5.63 Å². The van der Waals surface area contributed by atoms with Gasteiger partial charge < -0.3 is 23.8 Å². The predicted molar refractivity (Wildman–Crippen MR) is 71.7 cm³/mol. The number of phenols is 2. The van der Waals surface area contributed by atoms with Gasteiger partial charge in [-0.1, -0.05) is 0 Å². The number of esters is 1. The Morgan fingerprint density at radius 3 is 2.62 bits per heavy atom. The summed E-state index contributed by atoms with van der Waals surface area (Å²) in [7, 11) is 1.12. The second-order valence-electron chi connectivity index (χ2n) is 4.47. The first-order valence-electron chi connectivity index (χ1n) is 5.94. The lowest BCUT2D eigenvalue weighted by atomic mass is 10.1. The van der Waals surface area contributed by atoms with Crippen LogP contribution in [-0.2, 0) is 4.74 Å². The number of aryl methyl sites for hydroxylation is 1. The van der Waals surface area contributed by atoms with Gasteiger partial charge in [0.25, 0.3) is 0 Å². The Morgan fingerprint density at radius 1 is 1.24 bits per heavy atom. The van der Waals surface area contributed by atoms with Crippen molar-refractivity contribution in [2.45, 2.75) is 6.92 Å². The van der Waals surface area contributed by atoms with E-state index in [-0.39, 0.29) is 27.5 Å². The van der Waals surface area contributed by atoms with E-state index in [0.29, 0.717) is 5.76 Å². The zero-order valence-corrected chi connectivity index (χ0v) is 11.1. The minimum atomic E-state index is -0.895. The maximum Gasteiger partial charge on any atom is 0.347 e. The summed E-state index contributed by atoms with van der Waals surface area (Å²) in [5.41, 5.74) is -0.871. The van der Waals surface area contributed by atoms with Crippen molar-refractivity contribution in [3.8, 4) is 11.5 Å². The van der Waals surface area contributed by atoms with Gasteiger partial charge in [-0.3, -0.25) is 0 Å². The smallest absolute Gasteiger partial charge is 0.347 e. The van der Waals surface area contributed by atoms with Crippen LogP contribution in [0.3, 0.4) is 0 Å². The molecule has 2 N–H and O–H groups in total. The topological polar surface area (TPSA) is 110 Å². The van der Waals surface area contributed by atoms with E-state index >= 15 is 0 Å². The van der Waals surface area contributed by atoms with Crippen molar-refractivity contribution in [2.24, 2.45) is 0 Å². The molecule has 0 unspecified atom stereocenters. The molecule has 1 aromatic carbocycles. The molecule has 0 aliphatic heterocycles. The second-order valence-corrected chi connectivity index (χ2v) is 4.47. The summed E-state index contributed by atoms with van der Waals surface area (Å²) in [4.78, 5) is 23.7. The van der Waals surface area contributed by atoms with Gasteiger partial charge in [0.15, 0.2) is 17.1 Å². The standard InChI is InChI=1S/C14H10O7/c1-5-3-8-9(14(18)20-5)6-4-7(15)11(16)10(12(6)21-8)13(17)19-2/h3-4,15-16H,1-2H3. The Kier molecular flexibility index (Phi) is 2.65. The molecule has 0 radical (unpaired) electrons. The molecule has 108 valence electrons. The lowest BCUT2D eigenvalue weighted by molar-refractivity contribution is 0.0598. The van der Waals surface area contributed by atoms with Gasteiger partial charge in [-0.2, -0.15) is 0 Å². The van der Waals surface area contributed by atoms with Crippen LogP contribution in [-0.4, -0.2) is 23.3 Å². The SMILES string of the molecule is COC(=O)c1c(O)c(O)cc2c1oc1cc(C)oc(=O)c12. The molecule has 2 heterocycles. The van der Waals surface area contributed by atoms with Crippen molar-refractivity contribution >= 4 is 27.9 Å². The number of fused-ring (bicyclic) bond motifs is 3. The molecule has 0 spiro atoms. The number of furan rings is 1. The largest absolute Gasteiger partial charge is 0.504 e. The lowest BCUT2D eigenvalue weighted by Crippen LogP contribution is -2.02. The molecule has 3 aromatic rings. The van der Waals surface area contributed by atoms with Gasteiger partial charge in [-0.05, 0) is 13.0 Å². The van der Waals surface area contributed by atoms with Gasteiger partial charge in [-0.15, -0.1) is 0 Å². The van der Waals surface area contributed by atoms with Gasteiger partial charge in [0.2, 0.25) is 0 Å². The van der Waals surface area contributed by atoms with E-state index in [4.69, 9.17) is 8.83 Å². The third-order valence-electron chi connectivity index (χ3n) is 3.14. The monoisotopic (exact) mass is 290 g/mol. The summed E-state index contributed by atoms with van der Waals surface area (Å²) >= 11 is 0. The Balaban J connectivity index is 2.59. The van der Waals surface area contributed by atoms with Crippen molar-refractivity contribution in [2.75, 3.05) is 7.11 Å². The minimum Gasteiger partial charge on any atom is -0.504 e. The average Bonchev–Trinajstić information content (AvgIpc) is 2.77. The Morgan fingerprint density at radius 2 is 1.95 bits per heavy atom. The van der Waals surface area contributed by atoms with E-state index < -0.39 is 23.1 Å². The maximum atomic E-state index is 11.9. The van der Waals surface area contributed by atoms with Gasteiger partial charge in [0.05, 0.1) is 7.11 Å². The molecule has 0 saturated heterocycles. The van der Waals surface area contributed by atoms with Crippen molar-refractivity contribution in [3.05, 3.63) is 33.9 Å². The Labute approximate surface area is 117 Å². The summed E-state index contributed by atoms with van der Waals surface area (Å²) < 4.78 is 15.0. The van der Waals surface area contributed by atoms with Crippen molar-refractivity contribution in [1.82, 2.24) is 0 Å². The maximum absolute atomic E-state index is 11.9. The molecule has 0 amide bonds. The molecule has 0 bridgehead atoms. The zero-order chi connectivity index (χ0) is 15.3. The molecule has 0 fully saturated rings. The van der Waals surface area contributed by atoms with E-state index in [9.17, 15) is 19.8 Å². The highest BCUT2D eigenvalue weighted by Gasteiger charge is 2.25. The predicted octanol–water partition coefficient (Wildman–Crippen LogP) is 2.05. The molecule has 7 nitrogen and oxygen atoms in total. The summed E-state index contributed by atoms with van der Waals surface area (Å²) in [5.74, 6) is -1.80. The van der Waals surface area contributed by atoms with E-state index in [1.807, 2.05) is 0 Å². The molecule has 0 aliphatic carbocycles. The van der Waals surface area contributed by atoms with E-state index in [1.165, 1.54) is 6.07 Å². The first-order valence-corrected chi connectivity index (χ1v) is 5.94. The molecular formula is C14H10O7. The molecule has 0 saturated carbocycles. The van der Waals surface area contributed by atoms with Crippen molar-refractivity contribution in [3.63, 3.8) is 0 Å². The number of benzene rings is 1. The van der Waals surface area contributed by atoms with Crippen LogP contribution in [0.15, 0.2) is 25.8 Å². The van der Waals surface area contributed by atoms with Crippen molar-refractivity contribution < 1.29 is 28.6 Å². The third-order valence-corrected chi connectivity index (χ3v) is 3.14. The fourth-order valence-corrected chi connectivity index (χ4v) is 2.24. The summed E-state index contributed by atoms with van der Waals surface area (Å²) in [5, 5.41) is 19.8. The minimum absolute atomic E-state index is 0.0509. The van der Waals surface area contributed by atoms with Crippen LogP contribution in [0.1, 0.15) is 16.1 Å². The summed E-state index contributed by atoms with van der Waals surface area (Å²) in [6, 6.07) is 2.61. The van der Waals surface area contributed by atoms with E-state index in [1.54, 1.807) is 6.92 Å².